The zero-order chi connectivity index (χ0) is 21.8. The second kappa shape index (κ2) is 9.20. The largest absolute Gasteiger partial charge is 0.355 e. The molecule has 7 heteroatoms. The molecular formula is C24H29N5O2. The van der Waals surface area contributed by atoms with Gasteiger partial charge >= 0.3 is 0 Å². The zero-order valence-electron chi connectivity index (χ0n) is 18.0. The first-order valence-electron chi connectivity index (χ1n) is 10.9. The Morgan fingerprint density at radius 3 is 2.58 bits per heavy atom. The molecule has 4 N–H and O–H groups in total. The van der Waals surface area contributed by atoms with E-state index in [-0.39, 0.29) is 17.7 Å². The molecule has 31 heavy (non-hydrogen) atoms. The summed E-state index contributed by atoms with van der Waals surface area (Å²) in [7, 11) is 0. The van der Waals surface area contributed by atoms with E-state index in [0.29, 0.717) is 24.0 Å². The second-order valence-electron chi connectivity index (χ2n) is 8.39. The van der Waals surface area contributed by atoms with Gasteiger partial charge in [0.25, 0.3) is 5.91 Å². The lowest BCUT2D eigenvalue weighted by Crippen LogP contribution is -2.27. The van der Waals surface area contributed by atoms with Gasteiger partial charge in [0.15, 0.2) is 5.96 Å². The van der Waals surface area contributed by atoms with E-state index >= 15 is 0 Å². The predicted molar refractivity (Wildman–Crippen MR) is 123 cm³/mol. The molecule has 0 bridgehead atoms. The SMILES string of the molecule is CC(C)C(=O)NCc1cccc(Nc2ccc(C(=O)N=C3NCCN3)cc2C2CC2)c1. The average Bonchev–Trinajstić information content (AvgIpc) is 3.48. The lowest BCUT2D eigenvalue weighted by molar-refractivity contribution is -0.124. The van der Waals surface area contributed by atoms with Gasteiger partial charge in [-0.2, -0.15) is 4.99 Å². The van der Waals surface area contributed by atoms with Gasteiger partial charge in [0.05, 0.1) is 0 Å². The first kappa shape index (κ1) is 20.9. The number of aliphatic imine (C=N–C) groups is 1. The standard InChI is InChI=1S/C24H29N5O2/c1-15(2)22(30)27-14-16-4-3-5-19(12-16)28-21-9-8-18(13-20(21)17-6-7-17)23(31)29-24-25-10-11-26-24/h3-5,8-9,12-13,15,17,28H,6-7,10-11,14H2,1-2H3,(H,27,30)(H2,25,26,29,31). The molecule has 2 aromatic rings. The molecule has 0 atom stereocenters. The van der Waals surface area contributed by atoms with Crippen molar-refractivity contribution in [2.24, 2.45) is 10.9 Å². The second-order valence-corrected chi connectivity index (χ2v) is 8.39. The van der Waals surface area contributed by atoms with E-state index in [0.717, 1.165) is 48.4 Å². The number of guanidine groups is 1. The monoisotopic (exact) mass is 419 g/mol. The molecule has 2 fully saturated rings. The maximum absolute atomic E-state index is 12.6. The Balaban J connectivity index is 1.49. The van der Waals surface area contributed by atoms with E-state index in [9.17, 15) is 9.59 Å². The molecule has 1 saturated carbocycles. The number of benzene rings is 2. The Morgan fingerprint density at radius 1 is 1.10 bits per heavy atom. The number of amides is 2. The summed E-state index contributed by atoms with van der Waals surface area (Å²) in [4.78, 5) is 28.5. The minimum atomic E-state index is -0.242. The van der Waals surface area contributed by atoms with E-state index in [1.165, 1.54) is 0 Å². The van der Waals surface area contributed by atoms with Crippen molar-refractivity contribution in [3.8, 4) is 0 Å². The van der Waals surface area contributed by atoms with E-state index in [1.54, 1.807) is 0 Å². The van der Waals surface area contributed by atoms with Crippen LogP contribution in [0, 0.1) is 5.92 Å². The summed E-state index contributed by atoms with van der Waals surface area (Å²) in [5.41, 5.74) is 4.74. The average molecular weight is 420 g/mol. The molecule has 2 amide bonds. The van der Waals surface area contributed by atoms with E-state index in [4.69, 9.17) is 0 Å². The van der Waals surface area contributed by atoms with Crippen molar-refractivity contribution in [1.82, 2.24) is 16.0 Å². The van der Waals surface area contributed by atoms with Crippen molar-refractivity contribution in [1.29, 1.82) is 0 Å². The number of nitrogens with one attached hydrogen (secondary N) is 4. The highest BCUT2D eigenvalue weighted by Crippen LogP contribution is 2.44. The van der Waals surface area contributed by atoms with Gasteiger partial charge < -0.3 is 21.3 Å². The zero-order valence-corrected chi connectivity index (χ0v) is 18.0. The predicted octanol–water partition coefficient (Wildman–Crippen LogP) is 3.27. The van der Waals surface area contributed by atoms with Gasteiger partial charge in [-0.15, -0.1) is 0 Å². The fourth-order valence-corrected chi connectivity index (χ4v) is 3.52. The third-order valence-corrected chi connectivity index (χ3v) is 5.44. The smallest absolute Gasteiger partial charge is 0.280 e. The van der Waals surface area contributed by atoms with Crippen molar-refractivity contribution >= 4 is 29.1 Å². The molecule has 1 heterocycles. The topological polar surface area (TPSA) is 94.6 Å². The molecule has 2 aromatic carbocycles. The van der Waals surface area contributed by atoms with E-state index in [1.807, 2.05) is 56.3 Å². The van der Waals surface area contributed by atoms with Crippen molar-refractivity contribution in [2.75, 3.05) is 18.4 Å². The maximum atomic E-state index is 12.6. The van der Waals surface area contributed by atoms with Crippen molar-refractivity contribution in [3.05, 3.63) is 59.2 Å². The van der Waals surface area contributed by atoms with Crippen LogP contribution in [0.15, 0.2) is 47.5 Å². The van der Waals surface area contributed by atoms with Gasteiger partial charge in [-0.1, -0.05) is 26.0 Å². The van der Waals surface area contributed by atoms with Crippen LogP contribution in [0.4, 0.5) is 11.4 Å². The van der Waals surface area contributed by atoms with Crippen LogP contribution in [0.3, 0.4) is 0 Å². The lowest BCUT2D eigenvalue weighted by atomic mass is 10.0. The molecule has 0 spiro atoms. The lowest BCUT2D eigenvalue weighted by Gasteiger charge is -2.14. The highest BCUT2D eigenvalue weighted by Gasteiger charge is 2.27. The first-order valence-corrected chi connectivity index (χ1v) is 10.9. The number of carbonyl (C=O) groups is 2. The van der Waals surface area contributed by atoms with Gasteiger partial charge in [0, 0.05) is 42.5 Å². The minimum absolute atomic E-state index is 0.0333. The molecule has 4 rings (SSSR count). The number of rotatable bonds is 7. The molecule has 1 aliphatic carbocycles. The third-order valence-electron chi connectivity index (χ3n) is 5.44. The molecule has 7 nitrogen and oxygen atoms in total. The maximum Gasteiger partial charge on any atom is 0.280 e. The van der Waals surface area contributed by atoms with Gasteiger partial charge in [-0.3, -0.25) is 9.59 Å². The molecule has 1 saturated heterocycles. The first-order chi connectivity index (χ1) is 15.0. The number of anilines is 2. The quantitative estimate of drug-likeness (QED) is 0.553. The summed E-state index contributed by atoms with van der Waals surface area (Å²) in [5.74, 6) is 0.782. The Kier molecular flexibility index (Phi) is 6.21. The highest BCUT2D eigenvalue weighted by molar-refractivity contribution is 6.03. The summed E-state index contributed by atoms with van der Waals surface area (Å²) in [6.07, 6.45) is 2.26. The number of carbonyl (C=O) groups excluding carboxylic acids is 2. The Labute approximate surface area is 182 Å². The van der Waals surface area contributed by atoms with E-state index in [2.05, 4.69) is 26.3 Å². The van der Waals surface area contributed by atoms with Crippen molar-refractivity contribution < 1.29 is 9.59 Å². The van der Waals surface area contributed by atoms with Crippen LogP contribution in [0.2, 0.25) is 0 Å². The summed E-state index contributed by atoms with van der Waals surface area (Å²) in [5, 5.41) is 12.6. The molecular weight excluding hydrogens is 390 g/mol. The Bertz CT molecular complexity index is 1000. The molecule has 162 valence electrons. The van der Waals surface area contributed by atoms with Crippen LogP contribution in [0.5, 0.6) is 0 Å². The normalized spacial score (nSPS) is 15.3. The van der Waals surface area contributed by atoms with E-state index < -0.39 is 0 Å². The van der Waals surface area contributed by atoms with Crippen LogP contribution < -0.4 is 21.3 Å². The van der Waals surface area contributed by atoms with Gasteiger partial charge in [0.2, 0.25) is 5.91 Å². The summed E-state index contributed by atoms with van der Waals surface area (Å²) in [6.45, 7) is 5.82. The third kappa shape index (κ3) is 5.42. The van der Waals surface area contributed by atoms with Crippen LogP contribution in [0.1, 0.15) is 54.1 Å². The van der Waals surface area contributed by atoms with Gasteiger partial charge in [0.1, 0.15) is 0 Å². The fourth-order valence-electron chi connectivity index (χ4n) is 3.52. The van der Waals surface area contributed by atoms with Crippen LogP contribution >= 0.6 is 0 Å². The number of hydrogen-bond donors (Lipinski definition) is 4. The molecule has 0 aromatic heterocycles. The minimum Gasteiger partial charge on any atom is -0.355 e. The number of nitrogens with zero attached hydrogens (tertiary/aromatic N) is 1. The molecule has 1 aliphatic heterocycles. The van der Waals surface area contributed by atoms with Crippen LogP contribution in [-0.4, -0.2) is 30.9 Å². The van der Waals surface area contributed by atoms with Gasteiger partial charge in [-0.25, -0.2) is 0 Å². The Hall–Kier alpha value is -3.35. The summed E-state index contributed by atoms with van der Waals surface area (Å²) >= 11 is 0. The van der Waals surface area contributed by atoms with Crippen molar-refractivity contribution in [2.45, 2.75) is 39.2 Å². The molecule has 0 unspecified atom stereocenters. The Morgan fingerprint density at radius 2 is 1.87 bits per heavy atom. The highest BCUT2D eigenvalue weighted by atomic mass is 16.2. The van der Waals surface area contributed by atoms with Gasteiger partial charge in [-0.05, 0) is 60.2 Å². The summed E-state index contributed by atoms with van der Waals surface area (Å²) < 4.78 is 0. The molecule has 0 radical (unpaired) electrons. The molecule has 2 aliphatic rings. The van der Waals surface area contributed by atoms with Crippen molar-refractivity contribution in [3.63, 3.8) is 0 Å². The fraction of sp³-hybridized carbons (Fsp3) is 0.375. The van der Waals surface area contributed by atoms with Crippen LogP contribution in [-0.2, 0) is 11.3 Å². The van der Waals surface area contributed by atoms with Crippen LogP contribution in [0.25, 0.3) is 0 Å². The summed E-state index contributed by atoms with van der Waals surface area (Å²) in [6, 6.07) is 13.8. The number of hydrogen-bond acceptors (Lipinski definition) is 3.